The molecule has 0 aliphatic heterocycles. The lowest BCUT2D eigenvalue weighted by atomic mass is 10.1. The maximum Gasteiger partial charge on any atom is 0.341 e. The van der Waals surface area contributed by atoms with Gasteiger partial charge in [-0.1, -0.05) is 18.7 Å². The van der Waals surface area contributed by atoms with Gasteiger partial charge in [0.15, 0.2) is 0 Å². The second-order valence-corrected chi connectivity index (χ2v) is 6.78. The first-order valence-electron chi connectivity index (χ1n) is 6.83. The third-order valence-electron chi connectivity index (χ3n) is 3.12. The summed E-state index contributed by atoms with van der Waals surface area (Å²) in [6.45, 7) is 3.88. The van der Waals surface area contributed by atoms with Crippen molar-refractivity contribution in [3.63, 3.8) is 0 Å². The first-order valence-corrected chi connectivity index (χ1v) is 8.63. The van der Waals surface area contributed by atoms with Crippen molar-refractivity contribution in [2.24, 2.45) is 7.05 Å². The van der Waals surface area contributed by atoms with E-state index in [0.29, 0.717) is 22.1 Å². The highest BCUT2D eigenvalue weighted by Gasteiger charge is 2.23. The molecule has 2 aromatic rings. The first-order chi connectivity index (χ1) is 11.0. The van der Waals surface area contributed by atoms with Crippen LogP contribution in [0.15, 0.2) is 5.16 Å². The molecule has 0 radical (unpaired) electrons. The van der Waals surface area contributed by atoms with Gasteiger partial charge in [0.05, 0.1) is 18.4 Å². The molecule has 0 saturated heterocycles. The fourth-order valence-corrected chi connectivity index (χ4v) is 3.85. The molecular weight excluding hydrogens is 338 g/mol. The minimum atomic E-state index is -0.438. The fourth-order valence-electron chi connectivity index (χ4n) is 2.05. The zero-order valence-electron chi connectivity index (χ0n) is 13.2. The summed E-state index contributed by atoms with van der Waals surface area (Å²) in [5, 5.41) is 14.9. The van der Waals surface area contributed by atoms with E-state index in [2.05, 4.69) is 20.8 Å². The van der Waals surface area contributed by atoms with Gasteiger partial charge in [0.2, 0.25) is 11.1 Å². The van der Waals surface area contributed by atoms with Gasteiger partial charge in [-0.25, -0.2) is 9.48 Å². The summed E-state index contributed by atoms with van der Waals surface area (Å²) in [5.74, 6) is -0.522. The van der Waals surface area contributed by atoms with Crippen LogP contribution in [-0.4, -0.2) is 44.9 Å². The quantitative estimate of drug-likeness (QED) is 0.621. The van der Waals surface area contributed by atoms with E-state index in [1.807, 2.05) is 13.8 Å². The van der Waals surface area contributed by atoms with Crippen molar-refractivity contribution in [2.75, 3.05) is 18.2 Å². The number of aryl methyl sites for hydroxylation is 2. The molecule has 1 N–H and O–H groups in total. The molecule has 8 nitrogen and oxygen atoms in total. The lowest BCUT2D eigenvalue weighted by molar-refractivity contribution is -0.113. The summed E-state index contributed by atoms with van der Waals surface area (Å²) >= 11 is 2.60. The lowest BCUT2D eigenvalue weighted by Gasteiger charge is -2.06. The van der Waals surface area contributed by atoms with Crippen molar-refractivity contribution >= 4 is 40.0 Å². The van der Waals surface area contributed by atoms with E-state index in [-0.39, 0.29) is 11.7 Å². The molecule has 0 fully saturated rings. The van der Waals surface area contributed by atoms with Crippen molar-refractivity contribution < 1.29 is 14.3 Å². The van der Waals surface area contributed by atoms with E-state index >= 15 is 0 Å². The maximum atomic E-state index is 12.1. The zero-order chi connectivity index (χ0) is 17.0. The summed E-state index contributed by atoms with van der Waals surface area (Å²) in [7, 11) is 3.03. The highest BCUT2D eigenvalue weighted by Crippen LogP contribution is 2.34. The normalized spacial score (nSPS) is 10.6. The number of amides is 1. The highest BCUT2D eigenvalue weighted by atomic mass is 32.2. The number of rotatable bonds is 6. The van der Waals surface area contributed by atoms with Crippen molar-refractivity contribution in [3.8, 4) is 0 Å². The number of hydrogen-bond donors (Lipinski definition) is 1. The summed E-state index contributed by atoms with van der Waals surface area (Å²) in [6, 6.07) is 0. The number of anilines is 1. The Balaban J connectivity index is 2.11. The Morgan fingerprint density at radius 3 is 2.74 bits per heavy atom. The monoisotopic (exact) mass is 355 g/mol. The molecule has 124 valence electrons. The van der Waals surface area contributed by atoms with Gasteiger partial charge in [0, 0.05) is 11.9 Å². The number of aromatic nitrogens is 4. The van der Waals surface area contributed by atoms with Crippen LogP contribution in [0.4, 0.5) is 5.00 Å². The predicted molar refractivity (Wildman–Crippen MR) is 87.9 cm³/mol. The van der Waals surface area contributed by atoms with Gasteiger partial charge in [-0.15, -0.1) is 16.4 Å². The Hall–Kier alpha value is -1.94. The molecule has 1 amide bonds. The van der Waals surface area contributed by atoms with Crippen LogP contribution in [0.1, 0.15) is 27.7 Å². The van der Waals surface area contributed by atoms with Crippen molar-refractivity contribution in [1.82, 2.24) is 20.2 Å². The summed E-state index contributed by atoms with van der Waals surface area (Å²) in [6.07, 6.45) is 0.696. The van der Waals surface area contributed by atoms with Gasteiger partial charge in [0.25, 0.3) is 0 Å². The molecule has 0 atom stereocenters. The topological polar surface area (TPSA) is 99.0 Å². The number of carbonyl (C=O) groups is 2. The van der Waals surface area contributed by atoms with Crippen LogP contribution >= 0.6 is 23.1 Å². The third-order valence-corrected chi connectivity index (χ3v) is 5.19. The molecular formula is C13H17N5O3S2. The van der Waals surface area contributed by atoms with Crippen LogP contribution < -0.4 is 5.32 Å². The Labute approximate surface area is 141 Å². The van der Waals surface area contributed by atoms with Gasteiger partial charge in [0.1, 0.15) is 5.00 Å². The number of thiophene rings is 1. The Kier molecular flexibility index (Phi) is 5.72. The second kappa shape index (κ2) is 7.55. The van der Waals surface area contributed by atoms with Gasteiger partial charge in [-0.05, 0) is 29.3 Å². The highest BCUT2D eigenvalue weighted by molar-refractivity contribution is 7.99. The smallest absolute Gasteiger partial charge is 0.341 e. The van der Waals surface area contributed by atoms with Gasteiger partial charge >= 0.3 is 5.97 Å². The zero-order valence-corrected chi connectivity index (χ0v) is 14.9. The Bertz CT molecular complexity index is 725. The number of tetrazole rings is 1. The van der Waals surface area contributed by atoms with Gasteiger partial charge in [-0.3, -0.25) is 4.79 Å². The molecule has 0 saturated carbocycles. The standard InChI is InChI=1S/C13H17N5O3S2/c1-5-8-7(2)23-11(10(8)12(20)21-4)14-9(19)6-22-13-15-16-17-18(13)3/h5-6H2,1-4H3,(H,14,19). The largest absolute Gasteiger partial charge is 0.465 e. The van der Waals surface area contributed by atoms with Crippen LogP contribution in [0.2, 0.25) is 0 Å². The van der Waals surface area contributed by atoms with Gasteiger partial charge < -0.3 is 10.1 Å². The number of nitrogens with one attached hydrogen (secondary N) is 1. The Morgan fingerprint density at radius 1 is 1.43 bits per heavy atom. The van der Waals surface area contributed by atoms with Crippen LogP contribution in [0, 0.1) is 6.92 Å². The van der Waals surface area contributed by atoms with Crippen molar-refractivity contribution in [3.05, 3.63) is 16.0 Å². The fraction of sp³-hybridized carbons (Fsp3) is 0.462. The van der Waals surface area contributed by atoms with Crippen LogP contribution in [0.3, 0.4) is 0 Å². The molecule has 0 unspecified atom stereocenters. The average Bonchev–Trinajstić information content (AvgIpc) is 3.07. The number of carbonyl (C=O) groups excluding carboxylic acids is 2. The van der Waals surface area contributed by atoms with E-state index in [1.165, 1.54) is 34.9 Å². The molecule has 2 heterocycles. The van der Waals surface area contributed by atoms with E-state index in [9.17, 15) is 9.59 Å². The van der Waals surface area contributed by atoms with E-state index in [1.54, 1.807) is 7.05 Å². The third kappa shape index (κ3) is 3.88. The maximum absolute atomic E-state index is 12.1. The summed E-state index contributed by atoms with van der Waals surface area (Å²) in [4.78, 5) is 25.1. The SMILES string of the molecule is CCc1c(C)sc(NC(=O)CSc2nnnn2C)c1C(=O)OC. The molecule has 10 heteroatoms. The minimum Gasteiger partial charge on any atom is -0.465 e. The number of esters is 1. The van der Waals surface area contributed by atoms with E-state index in [0.717, 1.165) is 10.4 Å². The Morgan fingerprint density at radius 2 is 2.17 bits per heavy atom. The minimum absolute atomic E-state index is 0.146. The first kappa shape index (κ1) is 17.4. The molecule has 2 aromatic heterocycles. The molecule has 23 heavy (non-hydrogen) atoms. The number of hydrogen-bond acceptors (Lipinski definition) is 8. The molecule has 0 aliphatic rings. The molecule has 2 rings (SSSR count). The van der Waals surface area contributed by atoms with Crippen LogP contribution in [-0.2, 0) is 23.0 Å². The van der Waals surface area contributed by atoms with Crippen LogP contribution in [0.5, 0.6) is 0 Å². The second-order valence-electron chi connectivity index (χ2n) is 4.61. The predicted octanol–water partition coefficient (Wildman–Crippen LogP) is 1.66. The number of thioether (sulfide) groups is 1. The average molecular weight is 355 g/mol. The molecule has 0 aliphatic carbocycles. The molecule has 0 aromatic carbocycles. The molecule has 0 spiro atoms. The van der Waals surface area contributed by atoms with Crippen molar-refractivity contribution in [1.29, 1.82) is 0 Å². The molecule has 0 bridgehead atoms. The van der Waals surface area contributed by atoms with Crippen LogP contribution in [0.25, 0.3) is 0 Å². The number of methoxy groups -OCH3 is 1. The summed E-state index contributed by atoms with van der Waals surface area (Å²) in [5.41, 5.74) is 1.35. The number of nitrogens with zero attached hydrogens (tertiary/aromatic N) is 4. The van der Waals surface area contributed by atoms with E-state index < -0.39 is 5.97 Å². The van der Waals surface area contributed by atoms with Crippen molar-refractivity contribution in [2.45, 2.75) is 25.4 Å². The number of ether oxygens (including phenoxy) is 1. The lowest BCUT2D eigenvalue weighted by Crippen LogP contribution is -2.16. The van der Waals surface area contributed by atoms with Gasteiger partial charge in [-0.2, -0.15) is 0 Å². The summed E-state index contributed by atoms with van der Waals surface area (Å²) < 4.78 is 6.32. The van der Waals surface area contributed by atoms with E-state index in [4.69, 9.17) is 4.74 Å².